The molecular weight excluding hydrogens is 430 g/mol. The average Bonchev–Trinajstić information content (AvgIpc) is 2.79. The molecule has 1 aromatic rings. The van der Waals surface area contributed by atoms with Gasteiger partial charge in [-0.25, -0.2) is 5.01 Å². The number of alkyl halides is 1. The molecule has 0 aliphatic carbocycles. The number of nitrogens with zero attached hydrogens (tertiary/aromatic N) is 2. The number of hydrogen-bond donors (Lipinski definition) is 2. The van der Waals surface area contributed by atoms with E-state index < -0.39 is 40.5 Å². The van der Waals surface area contributed by atoms with E-state index in [1.165, 1.54) is 10.0 Å². The highest BCUT2D eigenvalue weighted by molar-refractivity contribution is 9.10. The van der Waals surface area contributed by atoms with Gasteiger partial charge >= 0.3 is 5.97 Å². The van der Waals surface area contributed by atoms with E-state index in [2.05, 4.69) is 21.2 Å². The van der Waals surface area contributed by atoms with Crippen molar-refractivity contribution in [1.82, 2.24) is 15.3 Å². The first-order valence-electron chi connectivity index (χ1n) is 9.21. The fraction of sp³-hybridized carbons (Fsp3) is 0.474. The minimum absolute atomic E-state index is 0.325. The molecule has 0 saturated carbocycles. The largest absolute Gasteiger partial charge is 0.481 e. The van der Waals surface area contributed by atoms with E-state index in [1.54, 1.807) is 0 Å². The Labute approximate surface area is 171 Å². The Balaban J connectivity index is 1.78. The number of aliphatic carboxylic acids is 1. The van der Waals surface area contributed by atoms with E-state index in [1.807, 2.05) is 30.3 Å². The maximum Gasteiger partial charge on any atom is 0.309 e. The van der Waals surface area contributed by atoms with Crippen LogP contribution >= 0.6 is 15.9 Å². The van der Waals surface area contributed by atoms with Gasteiger partial charge in [-0.3, -0.25) is 24.2 Å². The molecular formula is C19H22BrN3O5. The minimum Gasteiger partial charge on any atom is -0.481 e. The molecule has 0 spiro atoms. The van der Waals surface area contributed by atoms with E-state index in [0.717, 1.165) is 18.4 Å². The van der Waals surface area contributed by atoms with E-state index in [9.17, 15) is 24.3 Å². The van der Waals surface area contributed by atoms with Crippen molar-refractivity contribution < 1.29 is 24.3 Å². The van der Waals surface area contributed by atoms with Crippen molar-refractivity contribution in [3.63, 3.8) is 0 Å². The first-order chi connectivity index (χ1) is 13.4. The predicted molar refractivity (Wildman–Crippen MR) is 103 cm³/mol. The summed E-state index contributed by atoms with van der Waals surface area (Å²) in [7, 11) is 0. The van der Waals surface area contributed by atoms with Gasteiger partial charge in [0.1, 0.15) is 6.04 Å². The Hall–Kier alpha value is -2.42. The molecule has 2 saturated heterocycles. The monoisotopic (exact) mass is 451 g/mol. The van der Waals surface area contributed by atoms with Crippen LogP contribution < -0.4 is 5.32 Å². The highest BCUT2D eigenvalue weighted by Gasteiger charge is 2.46. The summed E-state index contributed by atoms with van der Waals surface area (Å²) < 4.78 is 0. The normalized spacial score (nSPS) is 23.6. The fourth-order valence-electron chi connectivity index (χ4n) is 3.55. The molecule has 8 nitrogen and oxygen atoms in total. The molecule has 3 amide bonds. The zero-order chi connectivity index (χ0) is 20.3. The Morgan fingerprint density at radius 2 is 1.79 bits per heavy atom. The Morgan fingerprint density at radius 3 is 2.43 bits per heavy atom. The molecule has 0 bridgehead atoms. The molecule has 0 aromatic heterocycles. The molecule has 2 aliphatic heterocycles. The van der Waals surface area contributed by atoms with Crippen LogP contribution in [0, 0.1) is 5.92 Å². The second kappa shape index (κ2) is 8.72. The summed E-state index contributed by atoms with van der Waals surface area (Å²) in [6.07, 6.45) is 1.54. The van der Waals surface area contributed by atoms with Crippen LogP contribution in [-0.2, 0) is 25.6 Å². The first-order valence-corrected chi connectivity index (χ1v) is 10.1. The number of carboxylic acid groups (broad SMARTS) is 1. The number of carbonyl (C=O) groups is 4. The van der Waals surface area contributed by atoms with Crippen molar-refractivity contribution in [3.05, 3.63) is 35.9 Å². The lowest BCUT2D eigenvalue weighted by Gasteiger charge is -2.38. The van der Waals surface area contributed by atoms with Gasteiger partial charge < -0.3 is 10.4 Å². The number of carbonyl (C=O) groups excluding carboxylic acids is 3. The third kappa shape index (κ3) is 4.35. The molecule has 28 heavy (non-hydrogen) atoms. The summed E-state index contributed by atoms with van der Waals surface area (Å²) in [4.78, 5) is 49.2. The first kappa shape index (κ1) is 20.3. The van der Waals surface area contributed by atoms with Crippen LogP contribution in [0.15, 0.2) is 30.3 Å². The smallest absolute Gasteiger partial charge is 0.309 e. The van der Waals surface area contributed by atoms with E-state index in [4.69, 9.17) is 0 Å². The van der Waals surface area contributed by atoms with Crippen LogP contribution in [0.4, 0.5) is 0 Å². The summed E-state index contributed by atoms with van der Waals surface area (Å²) >= 11 is 3.32. The van der Waals surface area contributed by atoms with Crippen molar-refractivity contribution in [3.8, 4) is 0 Å². The quantitative estimate of drug-likeness (QED) is 0.647. The maximum absolute atomic E-state index is 13.0. The van der Waals surface area contributed by atoms with Crippen molar-refractivity contribution in [2.24, 2.45) is 5.92 Å². The summed E-state index contributed by atoms with van der Waals surface area (Å²) in [6, 6.07) is 8.06. The van der Waals surface area contributed by atoms with Gasteiger partial charge in [-0.05, 0) is 24.8 Å². The molecule has 3 atom stereocenters. The topological polar surface area (TPSA) is 107 Å². The number of nitrogens with one attached hydrogen (secondary N) is 1. The molecule has 150 valence electrons. The second-order valence-electron chi connectivity index (χ2n) is 6.98. The van der Waals surface area contributed by atoms with Gasteiger partial charge in [0.25, 0.3) is 5.91 Å². The third-order valence-electron chi connectivity index (χ3n) is 5.04. The average molecular weight is 452 g/mol. The number of hydrazine groups is 1. The predicted octanol–water partition coefficient (Wildman–Crippen LogP) is 0.948. The number of rotatable bonds is 5. The Bertz CT molecular complexity index is 772. The number of halogens is 1. The lowest BCUT2D eigenvalue weighted by Crippen LogP contribution is -2.58. The van der Waals surface area contributed by atoms with Gasteiger partial charge in [0, 0.05) is 19.5 Å². The molecule has 2 heterocycles. The molecule has 2 aliphatic rings. The van der Waals surface area contributed by atoms with Gasteiger partial charge in [-0.2, -0.15) is 0 Å². The SMILES string of the molecule is O=C(N[C@@H]1C(=O)N2CCCCN2C(=O)C[C@@H]1C(=O)O)[C@H](Br)Cc1ccccc1. The number of amides is 3. The van der Waals surface area contributed by atoms with Gasteiger partial charge in [-0.1, -0.05) is 46.3 Å². The van der Waals surface area contributed by atoms with Crippen LogP contribution in [0.5, 0.6) is 0 Å². The lowest BCUT2D eigenvalue weighted by atomic mass is 9.95. The Kier molecular flexibility index (Phi) is 6.33. The molecule has 2 N–H and O–H groups in total. The summed E-state index contributed by atoms with van der Waals surface area (Å²) in [5, 5.41) is 14.8. The van der Waals surface area contributed by atoms with Gasteiger partial charge in [-0.15, -0.1) is 0 Å². The van der Waals surface area contributed by atoms with E-state index in [-0.39, 0.29) is 6.42 Å². The minimum atomic E-state index is -1.30. The second-order valence-corrected chi connectivity index (χ2v) is 8.08. The molecule has 0 unspecified atom stereocenters. The van der Waals surface area contributed by atoms with Crippen molar-refractivity contribution in [2.75, 3.05) is 13.1 Å². The highest BCUT2D eigenvalue weighted by atomic mass is 79.9. The number of hydrogen-bond acceptors (Lipinski definition) is 4. The summed E-state index contributed by atoms with van der Waals surface area (Å²) in [6.45, 7) is 0.720. The fourth-order valence-corrected chi connectivity index (χ4v) is 4.05. The van der Waals surface area contributed by atoms with Crippen LogP contribution in [0.3, 0.4) is 0 Å². The summed E-state index contributed by atoms with van der Waals surface area (Å²) in [5.41, 5.74) is 0.930. The molecule has 0 radical (unpaired) electrons. The zero-order valence-electron chi connectivity index (χ0n) is 15.2. The van der Waals surface area contributed by atoms with Gasteiger partial charge in [0.15, 0.2) is 0 Å². The van der Waals surface area contributed by atoms with Gasteiger partial charge in [0.05, 0.1) is 10.7 Å². The summed E-state index contributed by atoms with van der Waals surface area (Å²) in [5.74, 6) is -4.01. The van der Waals surface area contributed by atoms with Crippen molar-refractivity contribution in [1.29, 1.82) is 0 Å². The van der Waals surface area contributed by atoms with Gasteiger partial charge in [0.2, 0.25) is 11.8 Å². The van der Waals surface area contributed by atoms with Crippen LogP contribution in [-0.4, -0.2) is 62.8 Å². The van der Waals surface area contributed by atoms with Crippen LogP contribution in [0.25, 0.3) is 0 Å². The van der Waals surface area contributed by atoms with E-state index >= 15 is 0 Å². The number of benzene rings is 1. The highest BCUT2D eigenvalue weighted by Crippen LogP contribution is 2.24. The molecule has 1 aromatic carbocycles. The molecule has 2 fully saturated rings. The third-order valence-corrected chi connectivity index (χ3v) is 5.78. The maximum atomic E-state index is 13.0. The van der Waals surface area contributed by atoms with Crippen molar-refractivity contribution >= 4 is 39.6 Å². The van der Waals surface area contributed by atoms with E-state index in [0.29, 0.717) is 19.5 Å². The number of fused-ring (bicyclic) bond motifs is 1. The van der Waals surface area contributed by atoms with Crippen LogP contribution in [0.2, 0.25) is 0 Å². The van der Waals surface area contributed by atoms with Crippen LogP contribution in [0.1, 0.15) is 24.8 Å². The van der Waals surface area contributed by atoms with Crippen molar-refractivity contribution in [2.45, 2.75) is 36.6 Å². The standard InChI is InChI=1S/C19H22BrN3O5/c20-14(10-12-6-2-1-3-7-12)17(25)21-16-13(19(27)28)11-15(24)22-8-4-5-9-23(22)18(16)26/h1-3,6-7,13-14,16H,4-5,8-11H2,(H,21,25)(H,27,28)/t13-,14+,16-/m0/s1. The molecule has 3 rings (SSSR count). The Morgan fingerprint density at radius 1 is 1.14 bits per heavy atom. The lowest BCUT2D eigenvalue weighted by molar-refractivity contribution is -0.166. The molecule has 9 heteroatoms. The number of carboxylic acids is 1. The zero-order valence-corrected chi connectivity index (χ0v) is 16.8.